The minimum absolute atomic E-state index is 0.0230. The molecule has 1 aliphatic heterocycles. The van der Waals surface area contributed by atoms with E-state index in [0.29, 0.717) is 12.1 Å². The highest BCUT2D eigenvalue weighted by Crippen LogP contribution is 2.42. The summed E-state index contributed by atoms with van der Waals surface area (Å²) in [6.45, 7) is 6.34. The van der Waals surface area contributed by atoms with Crippen LogP contribution in [-0.2, 0) is 12.2 Å². The number of nitrogens with zero attached hydrogens (tertiary/aromatic N) is 1. The van der Waals surface area contributed by atoms with Gasteiger partial charge in [0.05, 0.1) is 24.5 Å². The lowest BCUT2D eigenvalue weighted by atomic mass is 9.92. The van der Waals surface area contributed by atoms with Crippen LogP contribution in [0.15, 0.2) is 71.3 Å². The first-order valence-corrected chi connectivity index (χ1v) is 9.47. The molecule has 3 aromatic rings. The van der Waals surface area contributed by atoms with E-state index < -0.39 is 5.66 Å². The summed E-state index contributed by atoms with van der Waals surface area (Å²) in [5.74, 6) is 1.43. The second kappa shape index (κ2) is 7.08. The zero-order chi connectivity index (χ0) is 19.7. The Hall–Kier alpha value is -3.21. The Morgan fingerprint density at radius 1 is 1.07 bits per heavy atom. The number of benzene rings is 2. The molecule has 1 atom stereocenters. The lowest BCUT2D eigenvalue weighted by Gasteiger charge is -2.46. The third kappa shape index (κ3) is 3.13. The van der Waals surface area contributed by atoms with Crippen LogP contribution in [0.3, 0.4) is 0 Å². The minimum Gasteiger partial charge on any atom is -0.491 e. The van der Waals surface area contributed by atoms with E-state index in [9.17, 15) is 4.79 Å². The molecule has 1 unspecified atom stereocenters. The van der Waals surface area contributed by atoms with Crippen molar-refractivity contribution in [2.45, 2.75) is 39.1 Å². The Kier molecular flexibility index (Phi) is 4.59. The maximum Gasteiger partial charge on any atom is 0.258 e. The molecule has 0 aliphatic carbocycles. The number of amides is 1. The summed E-state index contributed by atoms with van der Waals surface area (Å²) < 4.78 is 11.6. The van der Waals surface area contributed by atoms with Crippen LogP contribution in [0.25, 0.3) is 0 Å². The topological polar surface area (TPSA) is 54.7 Å². The van der Waals surface area contributed by atoms with Gasteiger partial charge in [-0.1, -0.05) is 30.3 Å². The van der Waals surface area contributed by atoms with Crippen LogP contribution in [0.1, 0.15) is 42.5 Å². The number of fused-ring (bicyclic) bond motifs is 1. The molecule has 2 aromatic carbocycles. The predicted molar refractivity (Wildman–Crippen MR) is 108 cm³/mol. The van der Waals surface area contributed by atoms with Gasteiger partial charge in [0.1, 0.15) is 17.2 Å². The largest absolute Gasteiger partial charge is 0.491 e. The molecular formula is C23H24N2O3. The second-order valence-electron chi connectivity index (χ2n) is 7.38. The molecule has 0 saturated carbocycles. The average molecular weight is 376 g/mol. The van der Waals surface area contributed by atoms with Crippen LogP contribution < -0.4 is 10.1 Å². The van der Waals surface area contributed by atoms with Gasteiger partial charge in [0.25, 0.3) is 5.91 Å². The molecule has 144 valence electrons. The lowest BCUT2D eigenvalue weighted by molar-refractivity contribution is 0.0478. The summed E-state index contributed by atoms with van der Waals surface area (Å²) in [5, 5.41) is 3.58. The molecule has 1 aliphatic rings. The summed E-state index contributed by atoms with van der Waals surface area (Å²) in [6.07, 6.45) is 1.65. The monoisotopic (exact) mass is 376 g/mol. The number of para-hydroxylation sites is 2. The Morgan fingerprint density at radius 3 is 2.57 bits per heavy atom. The lowest BCUT2D eigenvalue weighted by Crippen LogP contribution is -2.55. The number of carbonyl (C=O) groups is 1. The van der Waals surface area contributed by atoms with Crippen molar-refractivity contribution in [2.24, 2.45) is 0 Å². The van der Waals surface area contributed by atoms with Crippen LogP contribution in [0, 0.1) is 0 Å². The van der Waals surface area contributed by atoms with Gasteiger partial charge < -0.3 is 19.4 Å². The van der Waals surface area contributed by atoms with Gasteiger partial charge in [-0.25, -0.2) is 0 Å². The SMILES string of the molecule is CC(C)Oc1ccccc1C1(C)Nc2ccccc2C(=O)N1Cc1ccco1. The van der Waals surface area contributed by atoms with E-state index in [1.807, 2.05) is 81.4 Å². The summed E-state index contributed by atoms with van der Waals surface area (Å²) in [5.41, 5.74) is 1.56. The molecule has 28 heavy (non-hydrogen) atoms. The first-order chi connectivity index (χ1) is 13.5. The maximum absolute atomic E-state index is 13.5. The molecular weight excluding hydrogens is 352 g/mol. The number of hydrogen-bond donors (Lipinski definition) is 1. The van der Waals surface area contributed by atoms with Crippen molar-refractivity contribution in [2.75, 3.05) is 5.32 Å². The molecule has 2 heterocycles. The van der Waals surface area contributed by atoms with Crippen LogP contribution >= 0.6 is 0 Å². The van der Waals surface area contributed by atoms with Crippen molar-refractivity contribution in [1.29, 1.82) is 0 Å². The number of ether oxygens (including phenoxy) is 1. The fraction of sp³-hybridized carbons (Fsp3) is 0.261. The van der Waals surface area contributed by atoms with Crippen molar-refractivity contribution in [1.82, 2.24) is 4.90 Å². The van der Waals surface area contributed by atoms with Gasteiger partial charge in [-0.2, -0.15) is 0 Å². The minimum atomic E-state index is -0.802. The molecule has 1 amide bonds. The van der Waals surface area contributed by atoms with E-state index in [4.69, 9.17) is 9.15 Å². The quantitative estimate of drug-likeness (QED) is 0.680. The molecule has 0 spiro atoms. The number of rotatable bonds is 5. The molecule has 5 nitrogen and oxygen atoms in total. The normalized spacial score (nSPS) is 18.7. The number of nitrogens with one attached hydrogen (secondary N) is 1. The fourth-order valence-electron chi connectivity index (χ4n) is 3.68. The second-order valence-corrected chi connectivity index (χ2v) is 7.38. The van der Waals surface area contributed by atoms with Crippen LogP contribution in [-0.4, -0.2) is 16.9 Å². The molecule has 0 fully saturated rings. The summed E-state index contributed by atoms with van der Waals surface area (Å²) in [6, 6.07) is 19.1. The van der Waals surface area contributed by atoms with Gasteiger partial charge in [0.15, 0.2) is 0 Å². The summed E-state index contributed by atoms with van der Waals surface area (Å²) >= 11 is 0. The Balaban J connectivity index is 1.85. The van der Waals surface area contributed by atoms with Crippen molar-refractivity contribution in [3.05, 3.63) is 83.8 Å². The van der Waals surface area contributed by atoms with Crippen molar-refractivity contribution < 1.29 is 13.9 Å². The van der Waals surface area contributed by atoms with E-state index in [-0.39, 0.29) is 12.0 Å². The Bertz CT molecular complexity index is 981. The van der Waals surface area contributed by atoms with Crippen LogP contribution in [0.5, 0.6) is 5.75 Å². The van der Waals surface area contributed by atoms with Gasteiger partial charge in [0.2, 0.25) is 0 Å². The smallest absolute Gasteiger partial charge is 0.258 e. The molecule has 0 radical (unpaired) electrons. The Morgan fingerprint density at radius 2 is 1.82 bits per heavy atom. The molecule has 0 bridgehead atoms. The number of carbonyl (C=O) groups excluding carboxylic acids is 1. The van der Waals surface area contributed by atoms with Gasteiger partial charge in [-0.15, -0.1) is 0 Å². The van der Waals surface area contributed by atoms with E-state index in [1.165, 1.54) is 0 Å². The summed E-state index contributed by atoms with van der Waals surface area (Å²) in [4.78, 5) is 15.3. The highest BCUT2D eigenvalue weighted by molar-refractivity contribution is 6.02. The standard InChI is InChI=1S/C23H24N2O3/c1-16(2)28-21-13-7-5-11-19(21)23(3)24-20-12-6-4-10-18(20)22(26)25(23)15-17-9-8-14-27-17/h4-14,16,24H,15H2,1-3H3. The first-order valence-electron chi connectivity index (χ1n) is 9.47. The average Bonchev–Trinajstić information content (AvgIpc) is 3.18. The maximum atomic E-state index is 13.5. The van der Waals surface area contributed by atoms with E-state index in [2.05, 4.69) is 5.32 Å². The van der Waals surface area contributed by atoms with Gasteiger partial charge >= 0.3 is 0 Å². The molecule has 5 heteroatoms. The number of anilines is 1. The number of hydrogen-bond acceptors (Lipinski definition) is 4. The van der Waals surface area contributed by atoms with Gasteiger partial charge in [0, 0.05) is 11.3 Å². The summed E-state index contributed by atoms with van der Waals surface area (Å²) in [7, 11) is 0. The van der Waals surface area contributed by atoms with Crippen molar-refractivity contribution in [3.63, 3.8) is 0 Å². The van der Waals surface area contributed by atoms with Crippen molar-refractivity contribution in [3.8, 4) is 5.75 Å². The fourth-order valence-corrected chi connectivity index (χ4v) is 3.68. The van der Waals surface area contributed by atoms with E-state index in [0.717, 1.165) is 22.8 Å². The zero-order valence-electron chi connectivity index (χ0n) is 16.3. The van der Waals surface area contributed by atoms with Crippen LogP contribution in [0.4, 0.5) is 5.69 Å². The third-order valence-electron chi connectivity index (χ3n) is 4.99. The van der Waals surface area contributed by atoms with Gasteiger partial charge in [-0.05, 0) is 51.1 Å². The Labute approximate surface area is 164 Å². The molecule has 0 saturated heterocycles. The molecule has 1 N–H and O–H groups in total. The van der Waals surface area contributed by atoms with E-state index >= 15 is 0 Å². The first kappa shape index (κ1) is 18.2. The van der Waals surface area contributed by atoms with Crippen LogP contribution in [0.2, 0.25) is 0 Å². The predicted octanol–water partition coefficient (Wildman–Crippen LogP) is 5.01. The third-order valence-corrected chi connectivity index (χ3v) is 4.99. The molecule has 1 aromatic heterocycles. The van der Waals surface area contributed by atoms with E-state index in [1.54, 1.807) is 11.2 Å². The zero-order valence-corrected chi connectivity index (χ0v) is 16.3. The highest BCUT2D eigenvalue weighted by atomic mass is 16.5. The number of furan rings is 1. The molecule has 4 rings (SSSR count). The van der Waals surface area contributed by atoms with Crippen molar-refractivity contribution >= 4 is 11.6 Å². The van der Waals surface area contributed by atoms with Gasteiger partial charge in [-0.3, -0.25) is 4.79 Å². The highest BCUT2D eigenvalue weighted by Gasteiger charge is 2.44.